The van der Waals surface area contributed by atoms with E-state index in [9.17, 15) is 0 Å². The third kappa shape index (κ3) is 3.83. The highest BCUT2D eigenvalue weighted by molar-refractivity contribution is 5.34. The standard InChI is InChI=1S/C11H19N3O/c1-5-9(3)15-7-11-13-8(2)6-10(12-4)14-11/h6,9H,5,7H2,1-4H3,(H,12,13,14). The van der Waals surface area contributed by atoms with Crippen LogP contribution < -0.4 is 5.32 Å². The van der Waals surface area contributed by atoms with Gasteiger partial charge in [0.1, 0.15) is 12.4 Å². The molecule has 1 atom stereocenters. The van der Waals surface area contributed by atoms with Gasteiger partial charge in [0.2, 0.25) is 0 Å². The fourth-order valence-corrected chi connectivity index (χ4v) is 1.16. The van der Waals surface area contributed by atoms with Crippen molar-refractivity contribution in [1.82, 2.24) is 9.97 Å². The molecule has 0 amide bonds. The van der Waals surface area contributed by atoms with Crippen LogP contribution >= 0.6 is 0 Å². The molecule has 0 radical (unpaired) electrons. The minimum Gasteiger partial charge on any atom is -0.373 e. The van der Waals surface area contributed by atoms with Crippen molar-refractivity contribution in [3.8, 4) is 0 Å². The molecule has 0 saturated heterocycles. The van der Waals surface area contributed by atoms with Crippen LogP contribution in [-0.4, -0.2) is 23.1 Å². The molecule has 4 heteroatoms. The first kappa shape index (κ1) is 11.9. The second kappa shape index (κ2) is 5.66. The molecule has 1 heterocycles. The van der Waals surface area contributed by atoms with Crippen LogP contribution in [0.1, 0.15) is 31.8 Å². The molecule has 0 aliphatic heterocycles. The number of anilines is 1. The molecule has 1 aromatic rings. The van der Waals surface area contributed by atoms with E-state index in [2.05, 4.69) is 29.1 Å². The molecule has 1 aromatic heterocycles. The Balaban J connectivity index is 2.64. The van der Waals surface area contributed by atoms with E-state index in [0.29, 0.717) is 6.61 Å². The van der Waals surface area contributed by atoms with Crippen molar-refractivity contribution in [1.29, 1.82) is 0 Å². The average molecular weight is 209 g/mol. The van der Waals surface area contributed by atoms with Crippen molar-refractivity contribution >= 4 is 5.82 Å². The minimum absolute atomic E-state index is 0.257. The number of ether oxygens (including phenoxy) is 1. The largest absolute Gasteiger partial charge is 0.373 e. The zero-order valence-corrected chi connectivity index (χ0v) is 9.87. The number of nitrogens with one attached hydrogen (secondary N) is 1. The molecular formula is C11H19N3O. The Kier molecular flexibility index (Phi) is 4.49. The summed E-state index contributed by atoms with van der Waals surface area (Å²) in [4.78, 5) is 8.62. The maximum Gasteiger partial charge on any atom is 0.156 e. The van der Waals surface area contributed by atoms with Crippen LogP contribution in [0.25, 0.3) is 0 Å². The van der Waals surface area contributed by atoms with Gasteiger partial charge in [0.05, 0.1) is 6.10 Å². The molecule has 0 aromatic carbocycles. The summed E-state index contributed by atoms with van der Waals surface area (Å²) in [5, 5.41) is 3.00. The van der Waals surface area contributed by atoms with E-state index in [-0.39, 0.29) is 6.10 Å². The predicted octanol–water partition coefficient (Wildman–Crippen LogP) is 2.14. The van der Waals surface area contributed by atoms with Gasteiger partial charge < -0.3 is 10.1 Å². The van der Waals surface area contributed by atoms with Crippen molar-refractivity contribution in [3.05, 3.63) is 17.6 Å². The number of rotatable bonds is 5. The SMILES string of the molecule is CCC(C)OCc1nc(C)cc(NC)n1. The molecule has 0 bridgehead atoms. The van der Waals surface area contributed by atoms with Gasteiger partial charge in [-0.05, 0) is 20.3 Å². The Morgan fingerprint density at radius 3 is 2.80 bits per heavy atom. The number of hydrogen-bond donors (Lipinski definition) is 1. The number of hydrogen-bond acceptors (Lipinski definition) is 4. The molecule has 4 nitrogen and oxygen atoms in total. The smallest absolute Gasteiger partial charge is 0.156 e. The van der Waals surface area contributed by atoms with Crippen molar-refractivity contribution in [3.63, 3.8) is 0 Å². The van der Waals surface area contributed by atoms with Crippen LogP contribution in [0.3, 0.4) is 0 Å². The summed E-state index contributed by atoms with van der Waals surface area (Å²) in [7, 11) is 1.85. The molecule has 1 unspecified atom stereocenters. The summed E-state index contributed by atoms with van der Waals surface area (Å²) in [6.45, 7) is 6.58. The number of nitrogens with zero attached hydrogens (tertiary/aromatic N) is 2. The third-order valence-electron chi connectivity index (χ3n) is 2.23. The molecule has 84 valence electrons. The highest BCUT2D eigenvalue weighted by atomic mass is 16.5. The Morgan fingerprint density at radius 1 is 1.47 bits per heavy atom. The second-order valence-electron chi connectivity index (χ2n) is 3.59. The van der Waals surface area contributed by atoms with Crippen molar-refractivity contribution in [2.24, 2.45) is 0 Å². The molecule has 0 saturated carbocycles. The fraction of sp³-hybridized carbons (Fsp3) is 0.636. The first-order valence-corrected chi connectivity index (χ1v) is 5.29. The van der Waals surface area contributed by atoms with E-state index in [0.717, 1.165) is 23.8 Å². The molecule has 1 rings (SSSR count). The topological polar surface area (TPSA) is 47.0 Å². The van der Waals surface area contributed by atoms with Crippen LogP contribution in [0.4, 0.5) is 5.82 Å². The summed E-state index contributed by atoms with van der Waals surface area (Å²) in [6.07, 6.45) is 1.26. The Morgan fingerprint density at radius 2 is 2.20 bits per heavy atom. The van der Waals surface area contributed by atoms with Crippen LogP contribution in [0.5, 0.6) is 0 Å². The normalized spacial score (nSPS) is 12.5. The summed E-state index contributed by atoms with van der Waals surface area (Å²) >= 11 is 0. The zero-order chi connectivity index (χ0) is 11.3. The fourth-order valence-electron chi connectivity index (χ4n) is 1.16. The average Bonchev–Trinajstić information content (AvgIpc) is 2.25. The number of aromatic nitrogens is 2. The summed E-state index contributed by atoms with van der Waals surface area (Å²) in [6, 6.07) is 1.91. The van der Waals surface area contributed by atoms with E-state index in [1.54, 1.807) is 0 Å². The lowest BCUT2D eigenvalue weighted by Gasteiger charge is -2.10. The van der Waals surface area contributed by atoms with Crippen molar-refractivity contribution in [2.75, 3.05) is 12.4 Å². The quantitative estimate of drug-likeness (QED) is 0.807. The first-order valence-electron chi connectivity index (χ1n) is 5.29. The van der Waals surface area contributed by atoms with Crippen LogP contribution in [0.2, 0.25) is 0 Å². The third-order valence-corrected chi connectivity index (χ3v) is 2.23. The van der Waals surface area contributed by atoms with Crippen LogP contribution in [0, 0.1) is 6.92 Å². The minimum atomic E-state index is 0.257. The highest BCUT2D eigenvalue weighted by Gasteiger charge is 2.04. The van der Waals surface area contributed by atoms with Crippen LogP contribution in [0.15, 0.2) is 6.07 Å². The lowest BCUT2D eigenvalue weighted by Crippen LogP contribution is -2.09. The Hall–Kier alpha value is -1.16. The van der Waals surface area contributed by atoms with Gasteiger partial charge in [-0.25, -0.2) is 9.97 Å². The molecule has 15 heavy (non-hydrogen) atoms. The Bertz CT molecular complexity index is 315. The maximum atomic E-state index is 5.58. The van der Waals surface area contributed by atoms with Gasteiger partial charge in [0.15, 0.2) is 5.82 Å². The molecule has 0 fully saturated rings. The molecule has 0 spiro atoms. The summed E-state index contributed by atoms with van der Waals surface area (Å²) in [5.41, 5.74) is 0.956. The molecule has 0 aliphatic rings. The van der Waals surface area contributed by atoms with Crippen molar-refractivity contribution < 1.29 is 4.74 Å². The Labute approximate surface area is 91.1 Å². The summed E-state index contributed by atoms with van der Waals surface area (Å²) in [5.74, 6) is 1.57. The van der Waals surface area contributed by atoms with Gasteiger partial charge in [0.25, 0.3) is 0 Å². The molecule has 0 aliphatic carbocycles. The highest BCUT2D eigenvalue weighted by Crippen LogP contribution is 2.07. The zero-order valence-electron chi connectivity index (χ0n) is 9.87. The monoisotopic (exact) mass is 209 g/mol. The lowest BCUT2D eigenvalue weighted by molar-refractivity contribution is 0.0467. The van der Waals surface area contributed by atoms with E-state index in [1.807, 2.05) is 20.0 Å². The molecular weight excluding hydrogens is 190 g/mol. The second-order valence-corrected chi connectivity index (χ2v) is 3.59. The van der Waals surface area contributed by atoms with E-state index >= 15 is 0 Å². The maximum absolute atomic E-state index is 5.58. The van der Waals surface area contributed by atoms with E-state index in [1.165, 1.54) is 0 Å². The number of aryl methyl sites for hydroxylation is 1. The van der Waals surface area contributed by atoms with Crippen LogP contribution in [-0.2, 0) is 11.3 Å². The summed E-state index contributed by atoms with van der Waals surface area (Å²) < 4.78 is 5.58. The van der Waals surface area contributed by atoms with Gasteiger partial charge in [-0.1, -0.05) is 6.92 Å². The predicted molar refractivity (Wildman–Crippen MR) is 60.9 cm³/mol. The van der Waals surface area contributed by atoms with Gasteiger partial charge >= 0.3 is 0 Å². The van der Waals surface area contributed by atoms with E-state index < -0.39 is 0 Å². The lowest BCUT2D eigenvalue weighted by atomic mass is 10.3. The van der Waals surface area contributed by atoms with E-state index in [4.69, 9.17) is 4.74 Å². The van der Waals surface area contributed by atoms with Crippen molar-refractivity contribution in [2.45, 2.75) is 39.9 Å². The van der Waals surface area contributed by atoms with Gasteiger partial charge in [-0.3, -0.25) is 0 Å². The van der Waals surface area contributed by atoms with Gasteiger partial charge in [0, 0.05) is 18.8 Å². The van der Waals surface area contributed by atoms with Gasteiger partial charge in [-0.15, -0.1) is 0 Å². The first-order chi connectivity index (χ1) is 7.15. The molecule has 1 N–H and O–H groups in total. The van der Waals surface area contributed by atoms with Gasteiger partial charge in [-0.2, -0.15) is 0 Å².